The molecule has 0 radical (unpaired) electrons. The molecule has 0 unspecified atom stereocenters. The van der Waals surface area contributed by atoms with Crippen LogP contribution in [0.3, 0.4) is 0 Å². The molecule has 0 saturated carbocycles. The quantitative estimate of drug-likeness (QED) is 0.739. The minimum Gasteiger partial charge on any atom is -0.350 e. The van der Waals surface area contributed by atoms with E-state index in [-0.39, 0.29) is 11.9 Å². The topological polar surface area (TPSA) is 45.2 Å². The molecule has 2 heterocycles. The number of hydrogen-bond donors (Lipinski definition) is 1. The van der Waals surface area contributed by atoms with Gasteiger partial charge in [-0.05, 0) is 48.2 Å². The van der Waals surface area contributed by atoms with Gasteiger partial charge < -0.3 is 5.32 Å². The van der Waals surface area contributed by atoms with E-state index in [9.17, 15) is 4.79 Å². The van der Waals surface area contributed by atoms with Crippen molar-refractivity contribution in [2.24, 2.45) is 0 Å². The molecule has 1 atom stereocenters. The van der Waals surface area contributed by atoms with Crippen LogP contribution < -0.4 is 5.32 Å². The summed E-state index contributed by atoms with van der Waals surface area (Å²) in [4.78, 5) is 19.4. The van der Waals surface area contributed by atoms with Crippen LogP contribution in [0.1, 0.15) is 38.7 Å². The average Bonchev–Trinajstić information content (AvgIpc) is 2.75. The lowest BCUT2D eigenvalue weighted by Gasteiger charge is -2.36. The maximum atomic E-state index is 12.6. The third-order valence-electron chi connectivity index (χ3n) is 5.44. The van der Waals surface area contributed by atoms with Gasteiger partial charge in [0, 0.05) is 37.6 Å². The van der Waals surface area contributed by atoms with Gasteiger partial charge in [-0.25, -0.2) is 0 Å². The number of pyridine rings is 1. The van der Waals surface area contributed by atoms with E-state index < -0.39 is 0 Å². The summed E-state index contributed by atoms with van der Waals surface area (Å²) in [6, 6.07) is 20.5. The smallest absolute Gasteiger partial charge is 0.251 e. The van der Waals surface area contributed by atoms with Gasteiger partial charge in [-0.3, -0.25) is 14.7 Å². The third kappa shape index (κ3) is 4.12. The molecule has 4 heteroatoms. The molecule has 0 bridgehead atoms. The second-order valence-corrected chi connectivity index (χ2v) is 7.37. The van der Waals surface area contributed by atoms with Gasteiger partial charge in [-0.1, -0.05) is 48.0 Å². The molecule has 0 saturated heterocycles. The van der Waals surface area contributed by atoms with Crippen LogP contribution >= 0.6 is 0 Å². The van der Waals surface area contributed by atoms with E-state index in [2.05, 4.69) is 45.5 Å². The van der Waals surface area contributed by atoms with Gasteiger partial charge >= 0.3 is 0 Å². The van der Waals surface area contributed by atoms with E-state index in [1.807, 2.05) is 43.5 Å². The third-order valence-corrected chi connectivity index (χ3v) is 5.44. The molecule has 1 aliphatic rings. The monoisotopic (exact) mass is 371 g/mol. The Balaban J connectivity index is 1.52. The van der Waals surface area contributed by atoms with E-state index in [0.29, 0.717) is 12.1 Å². The van der Waals surface area contributed by atoms with E-state index in [0.717, 1.165) is 30.6 Å². The lowest BCUT2D eigenvalue weighted by molar-refractivity contribution is 0.0927. The molecular weight excluding hydrogens is 346 g/mol. The minimum atomic E-state index is -0.0358. The molecule has 1 N–H and O–H groups in total. The molecule has 0 fully saturated rings. The van der Waals surface area contributed by atoms with Crippen molar-refractivity contribution < 1.29 is 4.79 Å². The standard InChI is InChI=1S/C24H25N3O/c1-18-8-10-20(11-9-18)24(28)26-16-23(21-7-4-13-25-15-21)27-14-12-19-5-2-3-6-22(19)17-27/h2-11,13,15,23H,12,14,16-17H2,1H3,(H,26,28)/t23-/m0/s1. The van der Waals surface area contributed by atoms with Crippen LogP contribution in [0.15, 0.2) is 73.1 Å². The Labute approximate surface area is 166 Å². The zero-order valence-corrected chi connectivity index (χ0v) is 16.1. The van der Waals surface area contributed by atoms with E-state index in [4.69, 9.17) is 0 Å². The molecule has 1 aliphatic heterocycles. The number of aromatic nitrogens is 1. The summed E-state index contributed by atoms with van der Waals surface area (Å²) < 4.78 is 0. The van der Waals surface area contributed by atoms with Gasteiger partial charge in [0.2, 0.25) is 0 Å². The summed E-state index contributed by atoms with van der Waals surface area (Å²) >= 11 is 0. The summed E-state index contributed by atoms with van der Waals surface area (Å²) in [6.45, 7) is 4.43. The van der Waals surface area contributed by atoms with Gasteiger partial charge in [0.1, 0.15) is 0 Å². The zero-order valence-electron chi connectivity index (χ0n) is 16.1. The van der Waals surface area contributed by atoms with Gasteiger partial charge in [-0.15, -0.1) is 0 Å². The molecule has 1 amide bonds. The molecule has 2 aromatic carbocycles. The average molecular weight is 371 g/mol. The Morgan fingerprint density at radius 1 is 1.07 bits per heavy atom. The molecular formula is C24H25N3O. The van der Waals surface area contributed by atoms with Gasteiger partial charge in [0.05, 0.1) is 6.04 Å². The SMILES string of the molecule is Cc1ccc(C(=O)NC[C@@H](c2cccnc2)N2CCc3ccccc3C2)cc1. The summed E-state index contributed by atoms with van der Waals surface area (Å²) in [5, 5.41) is 3.13. The van der Waals surface area contributed by atoms with Gasteiger partial charge in [0.15, 0.2) is 0 Å². The van der Waals surface area contributed by atoms with E-state index >= 15 is 0 Å². The fourth-order valence-corrected chi connectivity index (χ4v) is 3.81. The first-order valence-electron chi connectivity index (χ1n) is 9.76. The van der Waals surface area contributed by atoms with Crippen LogP contribution in [0.5, 0.6) is 0 Å². The number of fused-ring (bicyclic) bond motifs is 1. The van der Waals surface area contributed by atoms with E-state index in [1.54, 1.807) is 6.20 Å². The summed E-state index contributed by atoms with van der Waals surface area (Å²) in [6.07, 6.45) is 4.72. The minimum absolute atomic E-state index is 0.0358. The van der Waals surface area contributed by atoms with Crippen LogP contribution in [0.4, 0.5) is 0 Å². The molecule has 1 aromatic heterocycles. The highest BCUT2D eigenvalue weighted by Crippen LogP contribution is 2.27. The van der Waals surface area contributed by atoms with Crippen LogP contribution in [-0.4, -0.2) is 28.9 Å². The molecule has 4 rings (SSSR count). The van der Waals surface area contributed by atoms with Crippen LogP contribution in [0, 0.1) is 6.92 Å². The number of amides is 1. The maximum absolute atomic E-state index is 12.6. The summed E-state index contributed by atoms with van der Waals surface area (Å²) in [5.41, 5.74) is 5.77. The van der Waals surface area contributed by atoms with Gasteiger partial charge in [0.25, 0.3) is 5.91 Å². The highest BCUT2D eigenvalue weighted by Gasteiger charge is 2.25. The number of carbonyl (C=O) groups excluding carboxylic acids is 1. The van der Waals surface area contributed by atoms with Crippen LogP contribution in [-0.2, 0) is 13.0 Å². The van der Waals surface area contributed by atoms with Crippen LogP contribution in [0.2, 0.25) is 0 Å². The van der Waals surface area contributed by atoms with Crippen molar-refractivity contribution >= 4 is 5.91 Å². The van der Waals surface area contributed by atoms with Crippen molar-refractivity contribution in [3.05, 3.63) is 101 Å². The maximum Gasteiger partial charge on any atom is 0.251 e. The largest absolute Gasteiger partial charge is 0.350 e. The summed E-state index contributed by atoms with van der Waals surface area (Å²) in [7, 11) is 0. The van der Waals surface area contributed by atoms with Crippen LogP contribution in [0.25, 0.3) is 0 Å². The Morgan fingerprint density at radius 2 is 1.86 bits per heavy atom. The Kier molecular flexibility index (Phi) is 5.49. The van der Waals surface area contributed by atoms with Crippen molar-refractivity contribution in [3.63, 3.8) is 0 Å². The van der Waals surface area contributed by atoms with Crippen molar-refractivity contribution in [1.82, 2.24) is 15.2 Å². The number of benzene rings is 2. The molecule has 4 nitrogen and oxygen atoms in total. The number of carbonyl (C=O) groups is 1. The Bertz CT molecular complexity index is 938. The Hall–Kier alpha value is -2.98. The second-order valence-electron chi connectivity index (χ2n) is 7.37. The predicted octanol–water partition coefficient (Wildman–Crippen LogP) is 3.92. The molecule has 0 spiro atoms. The molecule has 28 heavy (non-hydrogen) atoms. The van der Waals surface area contributed by atoms with E-state index in [1.165, 1.54) is 11.1 Å². The number of hydrogen-bond acceptors (Lipinski definition) is 3. The number of rotatable bonds is 5. The fraction of sp³-hybridized carbons (Fsp3) is 0.250. The zero-order chi connectivity index (χ0) is 19.3. The highest BCUT2D eigenvalue weighted by molar-refractivity contribution is 5.94. The first-order chi connectivity index (χ1) is 13.7. The lowest BCUT2D eigenvalue weighted by atomic mass is 9.97. The lowest BCUT2D eigenvalue weighted by Crippen LogP contribution is -2.40. The van der Waals surface area contributed by atoms with Gasteiger partial charge in [-0.2, -0.15) is 0 Å². The highest BCUT2D eigenvalue weighted by atomic mass is 16.1. The number of aryl methyl sites for hydroxylation is 1. The number of nitrogens with one attached hydrogen (secondary N) is 1. The molecule has 3 aromatic rings. The van der Waals surface area contributed by atoms with Crippen molar-refractivity contribution in [2.75, 3.05) is 13.1 Å². The first kappa shape index (κ1) is 18.4. The fourth-order valence-electron chi connectivity index (χ4n) is 3.81. The normalized spacial score (nSPS) is 14.9. The first-order valence-corrected chi connectivity index (χ1v) is 9.76. The van der Waals surface area contributed by atoms with Crippen molar-refractivity contribution in [3.8, 4) is 0 Å². The molecule has 0 aliphatic carbocycles. The predicted molar refractivity (Wildman–Crippen MR) is 111 cm³/mol. The summed E-state index contributed by atoms with van der Waals surface area (Å²) in [5.74, 6) is -0.0358. The second kappa shape index (κ2) is 8.36. The van der Waals surface area contributed by atoms with Crippen molar-refractivity contribution in [2.45, 2.75) is 25.9 Å². The Morgan fingerprint density at radius 3 is 2.61 bits per heavy atom. The number of nitrogens with zero attached hydrogens (tertiary/aromatic N) is 2. The van der Waals surface area contributed by atoms with Crippen molar-refractivity contribution in [1.29, 1.82) is 0 Å². The molecule has 142 valence electrons.